The third kappa shape index (κ3) is 4.74. The number of carbonyl (C=O) groups excluding carboxylic acids is 1. The summed E-state index contributed by atoms with van der Waals surface area (Å²) in [7, 11) is 0. The Morgan fingerprint density at radius 1 is 1.11 bits per heavy atom. The van der Waals surface area contributed by atoms with E-state index in [2.05, 4.69) is 20.4 Å². The van der Waals surface area contributed by atoms with E-state index >= 15 is 0 Å². The van der Waals surface area contributed by atoms with Crippen LogP contribution >= 0.6 is 0 Å². The fraction of sp³-hybridized carbons (Fsp3) is 0.333. The van der Waals surface area contributed by atoms with Gasteiger partial charge in [0.2, 0.25) is 0 Å². The highest BCUT2D eigenvalue weighted by atomic mass is 16.5. The molecular weight excluding hydrogens is 458 g/mol. The number of aryl methyl sites for hydroxylation is 1. The summed E-state index contributed by atoms with van der Waals surface area (Å²) in [6.45, 7) is 1.75. The van der Waals surface area contributed by atoms with E-state index in [0.29, 0.717) is 22.8 Å². The first-order valence-corrected chi connectivity index (χ1v) is 12.2. The van der Waals surface area contributed by atoms with Crippen LogP contribution in [-0.2, 0) is 6.61 Å². The fourth-order valence-electron chi connectivity index (χ4n) is 4.78. The summed E-state index contributed by atoms with van der Waals surface area (Å²) in [5, 5.41) is 16.1. The molecule has 0 spiro atoms. The predicted molar refractivity (Wildman–Crippen MR) is 135 cm³/mol. The Hall–Kier alpha value is -3.98. The number of carbonyl (C=O) groups is 1. The minimum Gasteiger partial charge on any atom is -0.486 e. The van der Waals surface area contributed by atoms with Crippen molar-refractivity contribution in [2.24, 2.45) is 0 Å². The molecule has 2 heterocycles. The molecule has 3 N–H and O–H groups in total. The van der Waals surface area contributed by atoms with Crippen molar-refractivity contribution in [2.45, 2.75) is 51.2 Å². The van der Waals surface area contributed by atoms with Crippen LogP contribution in [0.3, 0.4) is 0 Å². The minimum absolute atomic E-state index is 0.00581. The lowest BCUT2D eigenvalue weighted by atomic mass is 9.82. The molecule has 36 heavy (non-hydrogen) atoms. The number of amides is 1. The molecule has 2 aromatic heterocycles. The molecule has 9 nitrogen and oxygen atoms in total. The van der Waals surface area contributed by atoms with Crippen molar-refractivity contribution < 1.29 is 14.6 Å². The van der Waals surface area contributed by atoms with Crippen LogP contribution in [0.4, 0.5) is 0 Å². The van der Waals surface area contributed by atoms with Gasteiger partial charge in [-0.25, -0.2) is 4.98 Å². The Morgan fingerprint density at radius 2 is 1.89 bits per heavy atom. The van der Waals surface area contributed by atoms with Crippen molar-refractivity contribution in [2.75, 3.05) is 6.61 Å². The molecule has 0 bridgehead atoms. The molecule has 0 aliphatic heterocycles. The summed E-state index contributed by atoms with van der Waals surface area (Å²) in [6, 6.07) is 16.3. The summed E-state index contributed by atoms with van der Waals surface area (Å²) in [5.41, 5.74) is 1.51. The van der Waals surface area contributed by atoms with Gasteiger partial charge in [-0.3, -0.25) is 14.7 Å². The first-order chi connectivity index (χ1) is 17.5. The topological polar surface area (TPSA) is 122 Å². The summed E-state index contributed by atoms with van der Waals surface area (Å²) in [4.78, 5) is 34.9. The van der Waals surface area contributed by atoms with E-state index in [4.69, 9.17) is 4.74 Å². The maximum absolute atomic E-state index is 13.3. The highest BCUT2D eigenvalue weighted by Gasteiger charge is 2.34. The number of aromatic nitrogens is 4. The molecule has 0 atom stereocenters. The Kier molecular flexibility index (Phi) is 6.56. The number of ether oxygens (including phenoxy) is 1. The van der Waals surface area contributed by atoms with Gasteiger partial charge in [0.05, 0.1) is 23.4 Å². The van der Waals surface area contributed by atoms with Gasteiger partial charge in [-0.2, -0.15) is 9.50 Å². The summed E-state index contributed by atoms with van der Waals surface area (Å²) >= 11 is 0. The third-order valence-corrected chi connectivity index (χ3v) is 6.76. The number of benzene rings is 2. The number of fused-ring (bicyclic) bond motifs is 1. The van der Waals surface area contributed by atoms with Gasteiger partial charge in [-0.05, 0) is 31.4 Å². The Morgan fingerprint density at radius 3 is 2.64 bits per heavy atom. The maximum atomic E-state index is 13.3. The Balaban J connectivity index is 1.38. The van der Waals surface area contributed by atoms with E-state index in [-0.39, 0.29) is 30.5 Å². The zero-order valence-corrected chi connectivity index (χ0v) is 20.2. The maximum Gasteiger partial charge on any atom is 0.274 e. The second-order valence-electron chi connectivity index (χ2n) is 9.35. The van der Waals surface area contributed by atoms with Crippen LogP contribution < -0.4 is 15.6 Å². The zero-order chi connectivity index (χ0) is 25.1. The number of hydrogen-bond donors (Lipinski definition) is 3. The van der Waals surface area contributed by atoms with Crippen molar-refractivity contribution in [3.8, 4) is 17.1 Å². The molecule has 0 unspecified atom stereocenters. The average Bonchev–Trinajstić information content (AvgIpc) is 3.33. The van der Waals surface area contributed by atoms with Crippen molar-refractivity contribution in [1.29, 1.82) is 0 Å². The van der Waals surface area contributed by atoms with Gasteiger partial charge < -0.3 is 15.2 Å². The van der Waals surface area contributed by atoms with Crippen LogP contribution in [0, 0.1) is 6.92 Å². The van der Waals surface area contributed by atoms with E-state index in [0.717, 1.165) is 43.2 Å². The van der Waals surface area contributed by atoms with Gasteiger partial charge in [-0.15, -0.1) is 0 Å². The number of hydrogen-bond acceptors (Lipinski definition) is 6. The SMILES string of the molecule is Cc1cccc(OCc2cc(=O)n3[nH]c(-c4ccccc4)nc3n2)c1C(=O)NC1(CO)CCCCC1. The highest BCUT2D eigenvalue weighted by molar-refractivity contribution is 5.98. The Labute approximate surface area is 208 Å². The molecule has 186 valence electrons. The van der Waals surface area contributed by atoms with E-state index < -0.39 is 5.54 Å². The first-order valence-electron chi connectivity index (χ1n) is 12.2. The Bertz CT molecular complexity index is 1440. The van der Waals surface area contributed by atoms with E-state index in [1.165, 1.54) is 10.6 Å². The van der Waals surface area contributed by atoms with Crippen molar-refractivity contribution in [1.82, 2.24) is 24.9 Å². The number of nitrogens with zero attached hydrogens (tertiary/aromatic N) is 3. The number of aromatic amines is 1. The first kappa shape index (κ1) is 23.7. The van der Waals surface area contributed by atoms with Gasteiger partial charge >= 0.3 is 0 Å². The predicted octanol–water partition coefficient (Wildman–Crippen LogP) is 3.40. The molecule has 1 aliphatic carbocycles. The lowest BCUT2D eigenvalue weighted by Crippen LogP contribution is -2.52. The lowest BCUT2D eigenvalue weighted by molar-refractivity contribution is 0.0754. The van der Waals surface area contributed by atoms with Gasteiger partial charge in [0.1, 0.15) is 12.4 Å². The normalized spacial score (nSPS) is 15.1. The van der Waals surface area contributed by atoms with Crippen LogP contribution in [0.15, 0.2) is 59.4 Å². The minimum atomic E-state index is -0.605. The molecule has 0 radical (unpaired) electrons. The van der Waals surface area contributed by atoms with Crippen LogP contribution in [0.1, 0.15) is 53.7 Å². The van der Waals surface area contributed by atoms with E-state index in [9.17, 15) is 14.7 Å². The highest BCUT2D eigenvalue weighted by Crippen LogP contribution is 2.30. The standard InChI is InChI=1S/C27H29N5O4/c1-18-9-8-12-21(23(18)25(35)30-27(17-33)13-6-3-7-14-27)36-16-20-15-22(34)32-26(28-20)29-24(31-32)19-10-4-2-5-11-19/h2,4-5,8-12,15,33H,3,6-7,13-14,16-17H2,1H3,(H,30,35)(H,28,29,31). The second-order valence-corrected chi connectivity index (χ2v) is 9.35. The van der Waals surface area contributed by atoms with Gasteiger partial charge in [0.15, 0.2) is 5.82 Å². The van der Waals surface area contributed by atoms with Crippen molar-refractivity contribution in [3.63, 3.8) is 0 Å². The molecule has 4 aromatic rings. The number of aliphatic hydroxyl groups excluding tert-OH is 1. The van der Waals surface area contributed by atoms with Crippen LogP contribution in [0.5, 0.6) is 5.75 Å². The third-order valence-electron chi connectivity index (χ3n) is 6.76. The van der Waals surface area contributed by atoms with Gasteiger partial charge in [-0.1, -0.05) is 61.7 Å². The molecule has 9 heteroatoms. The van der Waals surface area contributed by atoms with Crippen molar-refractivity contribution >= 4 is 11.7 Å². The lowest BCUT2D eigenvalue weighted by Gasteiger charge is -2.36. The number of aliphatic hydroxyl groups is 1. The number of H-pyrrole nitrogens is 1. The van der Waals surface area contributed by atoms with E-state index in [1.807, 2.05) is 49.4 Å². The number of rotatable bonds is 7. The fourth-order valence-corrected chi connectivity index (χ4v) is 4.78. The zero-order valence-electron chi connectivity index (χ0n) is 20.2. The van der Waals surface area contributed by atoms with E-state index in [1.54, 1.807) is 6.07 Å². The molecular formula is C27H29N5O4. The van der Waals surface area contributed by atoms with Gasteiger partial charge in [0, 0.05) is 11.6 Å². The molecule has 5 rings (SSSR count). The van der Waals surface area contributed by atoms with Crippen LogP contribution in [-0.4, -0.2) is 42.7 Å². The number of nitrogens with one attached hydrogen (secondary N) is 2. The van der Waals surface area contributed by atoms with Crippen LogP contribution in [0.25, 0.3) is 17.2 Å². The molecule has 1 amide bonds. The molecule has 1 saturated carbocycles. The molecule has 2 aromatic carbocycles. The van der Waals surface area contributed by atoms with Crippen molar-refractivity contribution in [3.05, 3.63) is 81.8 Å². The largest absolute Gasteiger partial charge is 0.486 e. The quantitative estimate of drug-likeness (QED) is 0.367. The average molecular weight is 488 g/mol. The second kappa shape index (κ2) is 9.94. The summed E-state index contributed by atoms with van der Waals surface area (Å²) in [5.74, 6) is 0.897. The summed E-state index contributed by atoms with van der Waals surface area (Å²) < 4.78 is 7.29. The van der Waals surface area contributed by atoms with Crippen LogP contribution in [0.2, 0.25) is 0 Å². The van der Waals surface area contributed by atoms with Gasteiger partial charge in [0.25, 0.3) is 17.2 Å². The smallest absolute Gasteiger partial charge is 0.274 e. The summed E-state index contributed by atoms with van der Waals surface area (Å²) in [6.07, 6.45) is 4.55. The molecule has 0 saturated heterocycles. The molecule has 1 aliphatic rings. The monoisotopic (exact) mass is 487 g/mol. The molecule has 1 fully saturated rings.